The highest BCUT2D eigenvalue weighted by molar-refractivity contribution is 5.46. The van der Waals surface area contributed by atoms with Crippen LogP contribution in [0.3, 0.4) is 0 Å². The zero-order valence-electron chi connectivity index (χ0n) is 9.98. The molecule has 1 fully saturated rings. The SMILES string of the molecule is CC1(C)[C@@H]2CC[C@@]1(C)c1onc(C(F)(F)F)c12. The molecule has 1 saturated carbocycles. The maximum absolute atomic E-state index is 12.9. The van der Waals surface area contributed by atoms with Gasteiger partial charge in [0.1, 0.15) is 5.76 Å². The average molecular weight is 245 g/mol. The highest BCUT2D eigenvalue weighted by atomic mass is 19.4. The van der Waals surface area contributed by atoms with Gasteiger partial charge in [-0.25, -0.2) is 0 Å². The summed E-state index contributed by atoms with van der Waals surface area (Å²) in [6.45, 7) is 6.05. The molecule has 1 aromatic heterocycles. The zero-order valence-corrected chi connectivity index (χ0v) is 9.98. The van der Waals surface area contributed by atoms with Gasteiger partial charge in [-0.15, -0.1) is 0 Å². The highest BCUT2D eigenvalue weighted by Gasteiger charge is 2.64. The second kappa shape index (κ2) is 2.70. The van der Waals surface area contributed by atoms with Gasteiger partial charge < -0.3 is 4.52 Å². The molecule has 5 heteroatoms. The Morgan fingerprint density at radius 3 is 2.53 bits per heavy atom. The van der Waals surface area contributed by atoms with E-state index < -0.39 is 11.9 Å². The fourth-order valence-electron chi connectivity index (χ4n) is 3.63. The Labute approximate surface area is 97.2 Å². The number of hydrogen-bond donors (Lipinski definition) is 0. The first-order valence-electron chi connectivity index (χ1n) is 5.77. The number of halogens is 3. The molecule has 1 heterocycles. The molecule has 0 amide bonds. The molecule has 0 spiro atoms. The molecule has 3 rings (SSSR count). The van der Waals surface area contributed by atoms with Crippen LogP contribution in [0.5, 0.6) is 0 Å². The van der Waals surface area contributed by atoms with E-state index in [9.17, 15) is 13.2 Å². The van der Waals surface area contributed by atoms with Crippen molar-refractivity contribution in [2.45, 2.75) is 51.1 Å². The van der Waals surface area contributed by atoms with Crippen molar-refractivity contribution in [1.29, 1.82) is 0 Å². The molecule has 1 aromatic rings. The Hall–Kier alpha value is -1.00. The van der Waals surface area contributed by atoms with E-state index in [4.69, 9.17) is 4.52 Å². The number of alkyl halides is 3. The van der Waals surface area contributed by atoms with E-state index >= 15 is 0 Å². The summed E-state index contributed by atoms with van der Waals surface area (Å²) in [7, 11) is 0. The molecule has 2 aliphatic rings. The Kier molecular flexibility index (Phi) is 1.76. The van der Waals surface area contributed by atoms with Crippen LogP contribution in [-0.4, -0.2) is 5.16 Å². The van der Waals surface area contributed by atoms with Crippen LogP contribution >= 0.6 is 0 Å². The number of hydrogen-bond acceptors (Lipinski definition) is 2. The average Bonchev–Trinajstić information content (AvgIpc) is 2.73. The highest BCUT2D eigenvalue weighted by Crippen LogP contribution is 2.69. The molecular formula is C12H14F3NO. The maximum atomic E-state index is 12.9. The molecule has 2 atom stereocenters. The summed E-state index contributed by atoms with van der Waals surface area (Å²) >= 11 is 0. The summed E-state index contributed by atoms with van der Waals surface area (Å²) in [5.41, 5.74) is -0.974. The maximum Gasteiger partial charge on any atom is 0.437 e. The first-order chi connectivity index (χ1) is 7.69. The molecule has 0 radical (unpaired) electrons. The third-order valence-corrected chi connectivity index (χ3v) is 5.07. The predicted molar refractivity (Wildman–Crippen MR) is 54.6 cm³/mol. The van der Waals surface area contributed by atoms with E-state index in [-0.39, 0.29) is 16.7 Å². The van der Waals surface area contributed by atoms with Crippen LogP contribution in [0.2, 0.25) is 0 Å². The summed E-state index contributed by atoms with van der Waals surface area (Å²) in [5, 5.41) is 3.26. The van der Waals surface area contributed by atoms with Crippen LogP contribution in [0.15, 0.2) is 4.52 Å². The van der Waals surface area contributed by atoms with Gasteiger partial charge in [-0.1, -0.05) is 25.9 Å². The lowest BCUT2D eigenvalue weighted by atomic mass is 9.70. The molecule has 0 aliphatic heterocycles. The van der Waals surface area contributed by atoms with Crippen LogP contribution in [0.4, 0.5) is 13.2 Å². The van der Waals surface area contributed by atoms with Crippen molar-refractivity contribution in [3.63, 3.8) is 0 Å². The second-order valence-electron chi connectivity index (χ2n) is 5.92. The van der Waals surface area contributed by atoms with Crippen LogP contribution < -0.4 is 0 Å². The first kappa shape index (κ1) is 11.1. The Bertz CT molecular complexity index is 488. The Morgan fingerprint density at radius 1 is 1.29 bits per heavy atom. The third kappa shape index (κ3) is 1.06. The van der Waals surface area contributed by atoms with Gasteiger partial charge in [0.15, 0.2) is 5.69 Å². The van der Waals surface area contributed by atoms with E-state index in [1.165, 1.54) is 0 Å². The molecule has 0 saturated heterocycles. The Morgan fingerprint density at radius 2 is 1.94 bits per heavy atom. The smallest absolute Gasteiger partial charge is 0.360 e. The first-order valence-corrected chi connectivity index (χ1v) is 5.77. The van der Waals surface area contributed by atoms with Crippen LogP contribution in [0.1, 0.15) is 56.5 Å². The molecule has 94 valence electrons. The van der Waals surface area contributed by atoms with Crippen molar-refractivity contribution < 1.29 is 17.7 Å². The summed E-state index contributed by atoms with van der Waals surface area (Å²) in [6.07, 6.45) is -2.74. The van der Waals surface area contributed by atoms with Gasteiger partial charge >= 0.3 is 6.18 Å². The zero-order chi connectivity index (χ0) is 12.6. The lowest BCUT2D eigenvalue weighted by Gasteiger charge is -2.33. The molecule has 2 aliphatic carbocycles. The molecule has 2 nitrogen and oxygen atoms in total. The van der Waals surface area contributed by atoms with E-state index in [1.54, 1.807) is 0 Å². The number of nitrogens with zero attached hydrogens (tertiary/aromatic N) is 1. The summed E-state index contributed by atoms with van der Waals surface area (Å²) in [5.74, 6) is 0.386. The van der Waals surface area contributed by atoms with Gasteiger partial charge in [-0.3, -0.25) is 0 Å². The van der Waals surface area contributed by atoms with Gasteiger partial charge in [0.05, 0.1) is 0 Å². The molecule has 0 N–H and O–H groups in total. The summed E-state index contributed by atoms with van der Waals surface area (Å²) in [4.78, 5) is 0. The topological polar surface area (TPSA) is 26.0 Å². The number of rotatable bonds is 0. The van der Waals surface area contributed by atoms with Crippen LogP contribution in [0, 0.1) is 5.41 Å². The van der Waals surface area contributed by atoms with E-state index in [1.807, 2.05) is 20.8 Å². The minimum Gasteiger partial charge on any atom is -0.360 e. The molecule has 2 bridgehead atoms. The fourth-order valence-corrected chi connectivity index (χ4v) is 3.63. The quantitative estimate of drug-likeness (QED) is 0.693. The van der Waals surface area contributed by atoms with Crippen molar-refractivity contribution in [2.75, 3.05) is 0 Å². The van der Waals surface area contributed by atoms with Crippen LogP contribution in [-0.2, 0) is 11.6 Å². The summed E-state index contributed by atoms with van der Waals surface area (Å²) < 4.78 is 43.6. The van der Waals surface area contributed by atoms with Crippen LogP contribution in [0.25, 0.3) is 0 Å². The molecule has 0 aromatic carbocycles. The van der Waals surface area contributed by atoms with Crippen molar-refractivity contribution in [2.24, 2.45) is 5.41 Å². The van der Waals surface area contributed by atoms with Crippen molar-refractivity contribution in [1.82, 2.24) is 5.16 Å². The van der Waals surface area contributed by atoms with E-state index in [0.29, 0.717) is 11.3 Å². The minimum atomic E-state index is -4.41. The van der Waals surface area contributed by atoms with E-state index in [2.05, 4.69) is 5.16 Å². The normalized spacial score (nSPS) is 34.1. The number of aromatic nitrogens is 1. The lowest BCUT2D eigenvalue weighted by molar-refractivity contribution is -0.143. The van der Waals surface area contributed by atoms with E-state index in [0.717, 1.165) is 12.8 Å². The molecule has 17 heavy (non-hydrogen) atoms. The fraction of sp³-hybridized carbons (Fsp3) is 0.750. The van der Waals surface area contributed by atoms with Crippen molar-refractivity contribution >= 4 is 0 Å². The van der Waals surface area contributed by atoms with Gasteiger partial charge in [0, 0.05) is 11.0 Å². The van der Waals surface area contributed by atoms with Gasteiger partial charge in [-0.2, -0.15) is 13.2 Å². The largest absolute Gasteiger partial charge is 0.437 e. The lowest BCUT2D eigenvalue weighted by Crippen LogP contribution is -2.31. The monoisotopic (exact) mass is 245 g/mol. The van der Waals surface area contributed by atoms with Gasteiger partial charge in [0.2, 0.25) is 0 Å². The second-order valence-corrected chi connectivity index (χ2v) is 5.92. The summed E-state index contributed by atoms with van der Waals surface area (Å²) in [6, 6.07) is 0. The van der Waals surface area contributed by atoms with Crippen molar-refractivity contribution in [3.8, 4) is 0 Å². The standard InChI is InChI=1S/C12H14F3NO/c1-10(2)6-4-5-11(10,3)9-7(6)8(16-17-9)12(13,14)15/h6H,4-5H2,1-3H3/t6-,11+/m1/s1. The predicted octanol–water partition coefficient (Wildman–Crippen LogP) is 3.87. The third-order valence-electron chi connectivity index (χ3n) is 5.07. The Balaban J connectivity index is 2.24. The molecule has 0 unspecified atom stereocenters. The van der Waals surface area contributed by atoms with Gasteiger partial charge in [0.25, 0.3) is 0 Å². The number of fused-ring (bicyclic) bond motifs is 5. The molecular weight excluding hydrogens is 231 g/mol. The minimum absolute atomic E-state index is 0.0784. The van der Waals surface area contributed by atoms with Gasteiger partial charge in [-0.05, 0) is 24.2 Å². The van der Waals surface area contributed by atoms with Crippen molar-refractivity contribution in [3.05, 3.63) is 17.0 Å².